The maximum atomic E-state index is 11.6. The number of carbonyl (C=O) groups excluding carboxylic acids is 1. The van der Waals surface area contributed by atoms with Crippen LogP contribution in [0.2, 0.25) is 0 Å². The van der Waals surface area contributed by atoms with Crippen molar-refractivity contribution < 1.29 is 19.2 Å². The Hall–Kier alpha value is -1.85. The number of carboxylic acids is 1. The maximum Gasteiger partial charge on any atom is 0.308 e. The van der Waals surface area contributed by atoms with Crippen molar-refractivity contribution in [2.45, 2.75) is 26.7 Å². The molecule has 0 aliphatic rings. The van der Waals surface area contributed by atoms with Crippen LogP contribution in [-0.4, -0.2) is 28.7 Å². The van der Waals surface area contributed by atoms with Crippen LogP contribution in [0.5, 0.6) is 0 Å². The van der Waals surface area contributed by atoms with Gasteiger partial charge in [-0.05, 0) is 5.92 Å². The van der Waals surface area contributed by atoms with E-state index >= 15 is 0 Å². The number of hydrogen-bond donors (Lipinski definition) is 2. The number of aromatic nitrogens is 1. The molecule has 1 aromatic rings. The number of amides is 1. The molecule has 1 atom stereocenters. The highest BCUT2D eigenvalue weighted by molar-refractivity contribution is 5.91. The van der Waals surface area contributed by atoms with Crippen LogP contribution in [-0.2, 0) is 4.79 Å². The van der Waals surface area contributed by atoms with Crippen molar-refractivity contribution in [2.24, 2.45) is 5.92 Å². The standard InChI is InChI=1S/C11H16N2O4/c1-6(2)8-4-9(17-13-8)10(14)12-5-7(3)11(15)16/h4,6-7H,5H2,1-3H3,(H,12,14)(H,15,16). The van der Waals surface area contributed by atoms with Gasteiger partial charge in [0.1, 0.15) is 0 Å². The number of carbonyl (C=O) groups is 2. The molecule has 17 heavy (non-hydrogen) atoms. The molecule has 6 nitrogen and oxygen atoms in total. The Morgan fingerprint density at radius 1 is 1.47 bits per heavy atom. The summed E-state index contributed by atoms with van der Waals surface area (Å²) < 4.78 is 4.87. The van der Waals surface area contributed by atoms with Gasteiger partial charge in [0.2, 0.25) is 5.76 Å². The van der Waals surface area contributed by atoms with Gasteiger partial charge in [0.05, 0.1) is 11.6 Å². The normalized spacial score (nSPS) is 12.5. The lowest BCUT2D eigenvalue weighted by Crippen LogP contribution is -2.31. The zero-order valence-electron chi connectivity index (χ0n) is 10.1. The maximum absolute atomic E-state index is 11.6. The number of nitrogens with zero attached hydrogens (tertiary/aromatic N) is 1. The predicted octanol–water partition coefficient (Wildman–Crippen LogP) is 1.25. The van der Waals surface area contributed by atoms with E-state index in [2.05, 4.69) is 10.5 Å². The van der Waals surface area contributed by atoms with E-state index in [0.717, 1.165) is 0 Å². The summed E-state index contributed by atoms with van der Waals surface area (Å²) in [5.41, 5.74) is 0.696. The molecule has 6 heteroatoms. The zero-order chi connectivity index (χ0) is 13.0. The molecule has 2 N–H and O–H groups in total. The molecule has 1 aromatic heterocycles. The second-order valence-electron chi connectivity index (χ2n) is 4.22. The molecule has 0 fully saturated rings. The fraction of sp³-hybridized carbons (Fsp3) is 0.545. The minimum Gasteiger partial charge on any atom is -0.481 e. The smallest absolute Gasteiger partial charge is 0.308 e. The van der Waals surface area contributed by atoms with E-state index in [-0.39, 0.29) is 18.2 Å². The molecule has 0 saturated heterocycles. The van der Waals surface area contributed by atoms with Crippen molar-refractivity contribution in [1.29, 1.82) is 0 Å². The summed E-state index contributed by atoms with van der Waals surface area (Å²) in [6, 6.07) is 1.56. The number of aliphatic carboxylic acids is 1. The Balaban J connectivity index is 2.55. The van der Waals surface area contributed by atoms with Crippen molar-refractivity contribution in [1.82, 2.24) is 10.5 Å². The number of nitrogens with one attached hydrogen (secondary N) is 1. The predicted molar refractivity (Wildman–Crippen MR) is 59.7 cm³/mol. The van der Waals surface area contributed by atoms with Gasteiger partial charge in [-0.25, -0.2) is 0 Å². The first kappa shape index (κ1) is 13.2. The summed E-state index contributed by atoms with van der Waals surface area (Å²) in [5.74, 6) is -1.75. The second-order valence-corrected chi connectivity index (χ2v) is 4.22. The fourth-order valence-electron chi connectivity index (χ4n) is 1.09. The molecule has 1 amide bonds. The van der Waals surface area contributed by atoms with Crippen molar-refractivity contribution in [3.05, 3.63) is 17.5 Å². The Morgan fingerprint density at radius 2 is 2.12 bits per heavy atom. The van der Waals surface area contributed by atoms with E-state index < -0.39 is 17.8 Å². The average molecular weight is 240 g/mol. The lowest BCUT2D eigenvalue weighted by Gasteiger charge is -2.05. The van der Waals surface area contributed by atoms with Crippen LogP contribution in [0.3, 0.4) is 0 Å². The highest BCUT2D eigenvalue weighted by Gasteiger charge is 2.17. The molecule has 0 spiro atoms. The molecule has 0 radical (unpaired) electrons. The fourth-order valence-corrected chi connectivity index (χ4v) is 1.09. The molecule has 0 aliphatic carbocycles. The first-order chi connectivity index (χ1) is 7.91. The van der Waals surface area contributed by atoms with Crippen LogP contribution >= 0.6 is 0 Å². The summed E-state index contributed by atoms with van der Waals surface area (Å²) in [6.45, 7) is 5.45. The van der Waals surface area contributed by atoms with Crippen molar-refractivity contribution in [3.63, 3.8) is 0 Å². The van der Waals surface area contributed by atoms with E-state index in [4.69, 9.17) is 9.63 Å². The number of carboxylic acid groups (broad SMARTS) is 1. The lowest BCUT2D eigenvalue weighted by molar-refractivity contribution is -0.140. The Kier molecular flexibility index (Phi) is 4.25. The van der Waals surface area contributed by atoms with Crippen LogP contribution in [0, 0.1) is 5.92 Å². The largest absolute Gasteiger partial charge is 0.481 e. The minimum absolute atomic E-state index is 0.0614. The van der Waals surface area contributed by atoms with E-state index in [9.17, 15) is 9.59 Å². The molecule has 0 bridgehead atoms. The molecule has 1 unspecified atom stereocenters. The van der Waals surface area contributed by atoms with Gasteiger partial charge in [-0.3, -0.25) is 9.59 Å². The second kappa shape index (κ2) is 5.47. The van der Waals surface area contributed by atoms with Crippen LogP contribution in [0.25, 0.3) is 0 Å². The Morgan fingerprint density at radius 3 is 2.59 bits per heavy atom. The molecule has 1 rings (SSSR count). The average Bonchev–Trinajstić information content (AvgIpc) is 2.74. The molecule has 94 valence electrons. The molecule has 0 aliphatic heterocycles. The third-order valence-corrected chi connectivity index (χ3v) is 2.33. The van der Waals surface area contributed by atoms with Crippen molar-refractivity contribution in [3.8, 4) is 0 Å². The van der Waals surface area contributed by atoms with Crippen LogP contribution in [0.4, 0.5) is 0 Å². The van der Waals surface area contributed by atoms with E-state index in [1.165, 1.54) is 6.92 Å². The lowest BCUT2D eigenvalue weighted by atomic mass is 10.1. The number of hydrogen-bond acceptors (Lipinski definition) is 4. The van der Waals surface area contributed by atoms with E-state index in [0.29, 0.717) is 5.69 Å². The Labute approximate surface area is 99.0 Å². The summed E-state index contributed by atoms with van der Waals surface area (Å²) in [6.07, 6.45) is 0. The van der Waals surface area contributed by atoms with Gasteiger partial charge in [0, 0.05) is 12.6 Å². The third kappa shape index (κ3) is 3.58. The van der Waals surface area contributed by atoms with Gasteiger partial charge >= 0.3 is 5.97 Å². The first-order valence-corrected chi connectivity index (χ1v) is 5.39. The van der Waals surface area contributed by atoms with Gasteiger partial charge in [-0.15, -0.1) is 0 Å². The molecule has 0 saturated carbocycles. The van der Waals surface area contributed by atoms with Gasteiger partial charge in [-0.1, -0.05) is 25.9 Å². The molecule has 1 heterocycles. The monoisotopic (exact) mass is 240 g/mol. The van der Waals surface area contributed by atoms with Gasteiger partial charge in [-0.2, -0.15) is 0 Å². The summed E-state index contributed by atoms with van der Waals surface area (Å²) >= 11 is 0. The van der Waals surface area contributed by atoms with E-state index in [1.807, 2.05) is 13.8 Å². The van der Waals surface area contributed by atoms with Crippen molar-refractivity contribution >= 4 is 11.9 Å². The molecule has 0 aromatic carbocycles. The van der Waals surface area contributed by atoms with Crippen LogP contribution < -0.4 is 5.32 Å². The SMILES string of the molecule is CC(CNC(=O)c1cc(C(C)C)no1)C(=O)O. The van der Waals surface area contributed by atoms with Gasteiger partial charge in [0.25, 0.3) is 5.91 Å². The Bertz CT molecular complexity index is 411. The summed E-state index contributed by atoms with van der Waals surface area (Å²) in [4.78, 5) is 22.1. The zero-order valence-corrected chi connectivity index (χ0v) is 10.1. The summed E-state index contributed by atoms with van der Waals surface area (Å²) in [5, 5.41) is 14.9. The first-order valence-electron chi connectivity index (χ1n) is 5.39. The third-order valence-electron chi connectivity index (χ3n) is 2.33. The van der Waals surface area contributed by atoms with Gasteiger partial charge in [0.15, 0.2) is 0 Å². The molecular formula is C11H16N2O4. The molecular weight excluding hydrogens is 224 g/mol. The van der Waals surface area contributed by atoms with Crippen LogP contribution in [0.15, 0.2) is 10.6 Å². The van der Waals surface area contributed by atoms with Crippen LogP contribution in [0.1, 0.15) is 42.9 Å². The van der Waals surface area contributed by atoms with Gasteiger partial charge < -0.3 is 14.9 Å². The highest BCUT2D eigenvalue weighted by atomic mass is 16.5. The summed E-state index contributed by atoms with van der Waals surface area (Å²) in [7, 11) is 0. The van der Waals surface area contributed by atoms with Crippen molar-refractivity contribution in [2.75, 3.05) is 6.54 Å². The highest BCUT2D eigenvalue weighted by Crippen LogP contribution is 2.13. The minimum atomic E-state index is -0.953. The van der Waals surface area contributed by atoms with E-state index in [1.54, 1.807) is 6.07 Å². The topological polar surface area (TPSA) is 92.4 Å². The number of rotatable bonds is 5. The quantitative estimate of drug-likeness (QED) is 0.808.